The molecule has 0 rings (SSSR count). The molecule has 0 aromatic carbocycles. The Balaban J connectivity index is 3.89. The molecule has 0 aliphatic carbocycles. The van der Waals surface area contributed by atoms with E-state index in [2.05, 4.69) is 38.6 Å². The third-order valence-corrected chi connectivity index (χ3v) is 10.4. The molecule has 0 bridgehead atoms. The first-order chi connectivity index (χ1) is 23.8. The van der Waals surface area contributed by atoms with Crippen LogP contribution in [0.3, 0.4) is 0 Å². The topological polar surface area (TPSA) is 78.4 Å². The van der Waals surface area contributed by atoms with Crippen LogP contribution < -0.4 is 10.6 Å². The molecular weight excluding hydrogens is 606 g/mol. The van der Waals surface area contributed by atoms with Gasteiger partial charge in [-0.05, 0) is 25.7 Å². The molecule has 0 aliphatic rings. The summed E-state index contributed by atoms with van der Waals surface area (Å²) in [7, 11) is 4.49. The molecule has 0 radical (unpaired) electrons. The van der Waals surface area contributed by atoms with Crippen LogP contribution in [0.25, 0.3) is 0 Å². The van der Waals surface area contributed by atoms with Crippen LogP contribution in [0.5, 0.6) is 0 Å². The van der Waals surface area contributed by atoms with Crippen LogP contribution in [0.1, 0.15) is 219 Å². The minimum absolute atomic E-state index is 0.124. The standard InChI is InChI=1S/C43H87N3O3/c1-5-7-9-11-13-15-17-19-21-23-25-27-29-34-42(48)44-37-32-38-46(3,4)39-36-41(33-31-40-47)45-43(49)35-30-28-26-24-22-20-18-16-14-12-10-8-6-2/h41,47H,5-40H2,1-4H3,(H-,44,45,48,49)/p+1. The van der Waals surface area contributed by atoms with Crippen LogP contribution in [-0.2, 0) is 9.59 Å². The van der Waals surface area contributed by atoms with Crippen LogP contribution in [0.2, 0.25) is 0 Å². The van der Waals surface area contributed by atoms with Gasteiger partial charge in [0.2, 0.25) is 11.8 Å². The largest absolute Gasteiger partial charge is 0.396 e. The molecule has 49 heavy (non-hydrogen) atoms. The number of hydrogen-bond acceptors (Lipinski definition) is 3. The zero-order chi connectivity index (χ0) is 36.1. The zero-order valence-corrected chi connectivity index (χ0v) is 33.7. The van der Waals surface area contributed by atoms with Gasteiger partial charge in [-0.25, -0.2) is 0 Å². The third-order valence-electron chi connectivity index (χ3n) is 10.4. The Morgan fingerprint density at radius 1 is 0.490 bits per heavy atom. The fraction of sp³-hybridized carbons (Fsp3) is 0.953. The summed E-state index contributed by atoms with van der Waals surface area (Å²) in [6.07, 6.45) is 39.0. The van der Waals surface area contributed by atoms with E-state index in [0.717, 1.165) is 69.1 Å². The van der Waals surface area contributed by atoms with Gasteiger partial charge in [-0.2, -0.15) is 0 Å². The van der Waals surface area contributed by atoms with Gasteiger partial charge in [0.1, 0.15) is 0 Å². The quantitative estimate of drug-likeness (QED) is 0.0443. The van der Waals surface area contributed by atoms with Crippen molar-refractivity contribution in [3.63, 3.8) is 0 Å². The Morgan fingerprint density at radius 3 is 1.29 bits per heavy atom. The van der Waals surface area contributed by atoms with E-state index in [9.17, 15) is 14.7 Å². The molecule has 1 unspecified atom stereocenters. The molecule has 0 saturated heterocycles. The fourth-order valence-electron chi connectivity index (χ4n) is 6.97. The lowest BCUT2D eigenvalue weighted by Gasteiger charge is -2.32. The predicted molar refractivity (Wildman–Crippen MR) is 213 cm³/mol. The van der Waals surface area contributed by atoms with Crippen molar-refractivity contribution in [1.82, 2.24) is 10.6 Å². The van der Waals surface area contributed by atoms with E-state index in [1.807, 2.05) is 0 Å². The molecule has 1 atom stereocenters. The predicted octanol–water partition coefficient (Wildman–Crippen LogP) is 11.2. The van der Waals surface area contributed by atoms with Crippen LogP contribution >= 0.6 is 0 Å². The van der Waals surface area contributed by atoms with Crippen molar-refractivity contribution in [3.8, 4) is 0 Å². The lowest BCUT2D eigenvalue weighted by molar-refractivity contribution is -0.890. The fourth-order valence-corrected chi connectivity index (χ4v) is 6.97. The average molecular weight is 695 g/mol. The van der Waals surface area contributed by atoms with Crippen LogP contribution in [0, 0.1) is 0 Å². The second-order valence-electron chi connectivity index (χ2n) is 16.0. The highest BCUT2D eigenvalue weighted by atomic mass is 16.3. The number of hydrogen-bond donors (Lipinski definition) is 3. The minimum Gasteiger partial charge on any atom is -0.396 e. The summed E-state index contributed by atoms with van der Waals surface area (Å²) in [5.74, 6) is 0.367. The van der Waals surface area contributed by atoms with E-state index < -0.39 is 0 Å². The number of nitrogens with zero attached hydrogens (tertiary/aromatic N) is 1. The molecule has 0 saturated carbocycles. The lowest BCUT2D eigenvalue weighted by Crippen LogP contribution is -2.46. The van der Waals surface area contributed by atoms with E-state index in [1.54, 1.807) is 0 Å². The van der Waals surface area contributed by atoms with Crippen molar-refractivity contribution in [2.45, 2.75) is 225 Å². The number of quaternary nitrogens is 1. The van der Waals surface area contributed by atoms with E-state index in [4.69, 9.17) is 0 Å². The number of aliphatic hydroxyl groups excluding tert-OH is 1. The summed E-state index contributed by atoms with van der Waals surface area (Å²) in [5.41, 5.74) is 0. The van der Waals surface area contributed by atoms with E-state index in [1.165, 1.54) is 148 Å². The molecule has 0 heterocycles. The Kier molecular flexibility index (Phi) is 35.8. The van der Waals surface area contributed by atoms with Crippen LogP contribution in [0.15, 0.2) is 0 Å². The van der Waals surface area contributed by atoms with Gasteiger partial charge in [-0.15, -0.1) is 0 Å². The molecule has 2 amide bonds. The molecule has 0 aromatic rings. The summed E-state index contributed by atoms with van der Waals surface area (Å²) in [5, 5.41) is 15.8. The highest BCUT2D eigenvalue weighted by Gasteiger charge is 2.20. The Bertz CT molecular complexity index is 714. The smallest absolute Gasteiger partial charge is 0.220 e. The zero-order valence-electron chi connectivity index (χ0n) is 33.7. The molecule has 6 heteroatoms. The number of nitrogens with one attached hydrogen (secondary N) is 2. The van der Waals surface area contributed by atoms with Crippen molar-refractivity contribution in [2.24, 2.45) is 0 Å². The highest BCUT2D eigenvalue weighted by Crippen LogP contribution is 2.15. The second kappa shape index (κ2) is 36.6. The van der Waals surface area contributed by atoms with E-state index >= 15 is 0 Å². The van der Waals surface area contributed by atoms with Gasteiger partial charge in [0.15, 0.2) is 0 Å². The number of carbonyl (C=O) groups excluding carboxylic acids is 2. The maximum Gasteiger partial charge on any atom is 0.220 e. The molecule has 0 spiro atoms. The maximum atomic E-state index is 12.7. The summed E-state index contributed by atoms with van der Waals surface area (Å²) in [4.78, 5) is 25.0. The van der Waals surface area contributed by atoms with Crippen molar-refractivity contribution >= 4 is 11.8 Å². The number of unbranched alkanes of at least 4 members (excludes halogenated alkanes) is 24. The van der Waals surface area contributed by atoms with Gasteiger partial charge in [0.05, 0.1) is 27.2 Å². The first-order valence-corrected chi connectivity index (χ1v) is 21.8. The molecule has 292 valence electrons. The summed E-state index contributed by atoms with van der Waals surface area (Å²) in [6.45, 7) is 7.43. The van der Waals surface area contributed by atoms with Gasteiger partial charge in [0, 0.05) is 44.9 Å². The third kappa shape index (κ3) is 36.5. The van der Waals surface area contributed by atoms with Crippen LogP contribution in [0.4, 0.5) is 0 Å². The SMILES string of the molecule is CCCCCCCCCCCCCCCC(=O)NCCC[N+](C)(C)CCC(CCCO)NC(=O)CCCCCCCCCCCCCCC. The first-order valence-electron chi connectivity index (χ1n) is 21.8. The number of aliphatic hydroxyl groups is 1. The second-order valence-corrected chi connectivity index (χ2v) is 16.0. The van der Waals surface area contributed by atoms with Crippen molar-refractivity contribution in [2.75, 3.05) is 40.3 Å². The van der Waals surface area contributed by atoms with E-state index in [-0.39, 0.29) is 24.5 Å². The van der Waals surface area contributed by atoms with Crippen molar-refractivity contribution in [3.05, 3.63) is 0 Å². The monoisotopic (exact) mass is 695 g/mol. The molecular formula is C43H88N3O3+. The van der Waals surface area contributed by atoms with Crippen molar-refractivity contribution in [1.29, 1.82) is 0 Å². The Labute approximate surface area is 306 Å². The molecule has 3 N–H and O–H groups in total. The molecule has 0 fully saturated rings. The maximum absolute atomic E-state index is 12.7. The summed E-state index contributed by atoms with van der Waals surface area (Å²) < 4.78 is 0.874. The number of amides is 2. The molecule has 6 nitrogen and oxygen atoms in total. The van der Waals surface area contributed by atoms with Crippen molar-refractivity contribution < 1.29 is 19.2 Å². The van der Waals surface area contributed by atoms with Gasteiger partial charge in [-0.1, -0.05) is 168 Å². The molecule has 0 aromatic heterocycles. The van der Waals surface area contributed by atoms with Gasteiger partial charge in [-0.3, -0.25) is 9.59 Å². The molecule has 0 aliphatic heterocycles. The normalized spacial score (nSPS) is 12.3. The lowest BCUT2D eigenvalue weighted by atomic mass is 10.0. The average Bonchev–Trinajstić information content (AvgIpc) is 3.08. The number of rotatable bonds is 39. The van der Waals surface area contributed by atoms with Gasteiger partial charge in [0.25, 0.3) is 0 Å². The Hall–Kier alpha value is -1.14. The van der Waals surface area contributed by atoms with E-state index in [0.29, 0.717) is 12.8 Å². The summed E-state index contributed by atoms with van der Waals surface area (Å²) in [6, 6.07) is 0.124. The first kappa shape index (κ1) is 47.9. The summed E-state index contributed by atoms with van der Waals surface area (Å²) >= 11 is 0. The Morgan fingerprint density at radius 2 is 0.878 bits per heavy atom. The van der Waals surface area contributed by atoms with Gasteiger partial charge < -0.3 is 20.2 Å². The minimum atomic E-state index is 0.124. The number of carbonyl (C=O) groups is 2. The van der Waals surface area contributed by atoms with Crippen LogP contribution in [-0.4, -0.2) is 67.8 Å². The van der Waals surface area contributed by atoms with Gasteiger partial charge >= 0.3 is 0 Å². The highest BCUT2D eigenvalue weighted by molar-refractivity contribution is 5.76.